The van der Waals surface area contributed by atoms with Crippen LogP contribution in [0.5, 0.6) is 11.5 Å². The molecule has 0 atom stereocenters. The van der Waals surface area contributed by atoms with E-state index in [9.17, 15) is 9.18 Å². The summed E-state index contributed by atoms with van der Waals surface area (Å²) in [6.45, 7) is 0. The van der Waals surface area contributed by atoms with Crippen LogP contribution >= 0.6 is 11.6 Å². The fourth-order valence-electron chi connectivity index (χ4n) is 2.10. The molecule has 3 aromatic carbocycles. The number of halogens is 2. The van der Waals surface area contributed by atoms with E-state index in [2.05, 4.69) is 0 Å². The molecule has 3 aromatic rings. The van der Waals surface area contributed by atoms with Crippen molar-refractivity contribution >= 4 is 17.4 Å². The molecular formula is C19H12ClFO2. The van der Waals surface area contributed by atoms with Gasteiger partial charge in [-0.25, -0.2) is 4.39 Å². The van der Waals surface area contributed by atoms with Gasteiger partial charge in [-0.2, -0.15) is 0 Å². The summed E-state index contributed by atoms with van der Waals surface area (Å²) >= 11 is 5.71. The fraction of sp³-hybridized carbons (Fsp3) is 0. The van der Waals surface area contributed by atoms with Crippen LogP contribution in [0.4, 0.5) is 4.39 Å². The summed E-state index contributed by atoms with van der Waals surface area (Å²) in [6.07, 6.45) is 0. The van der Waals surface area contributed by atoms with Gasteiger partial charge in [0.25, 0.3) is 0 Å². The molecule has 0 unspecified atom stereocenters. The van der Waals surface area contributed by atoms with Crippen LogP contribution in [0, 0.1) is 5.82 Å². The third-order valence-corrected chi connectivity index (χ3v) is 3.57. The molecule has 0 amide bonds. The molecule has 0 saturated heterocycles. The van der Waals surface area contributed by atoms with E-state index in [4.69, 9.17) is 16.3 Å². The number of hydrogen-bond donors (Lipinski definition) is 0. The van der Waals surface area contributed by atoms with Gasteiger partial charge in [-0.05, 0) is 54.6 Å². The van der Waals surface area contributed by atoms with Crippen LogP contribution in [0.25, 0.3) is 0 Å². The van der Waals surface area contributed by atoms with E-state index in [-0.39, 0.29) is 10.8 Å². The molecule has 4 heteroatoms. The largest absolute Gasteiger partial charge is 0.457 e. The lowest BCUT2D eigenvalue weighted by Crippen LogP contribution is -2.01. The average Bonchev–Trinajstić information content (AvgIpc) is 2.58. The Morgan fingerprint density at radius 2 is 1.43 bits per heavy atom. The summed E-state index contributed by atoms with van der Waals surface area (Å²) < 4.78 is 18.8. The Labute approximate surface area is 138 Å². The summed E-state index contributed by atoms with van der Waals surface area (Å²) in [7, 11) is 0. The molecule has 0 aliphatic carbocycles. The SMILES string of the molecule is O=C(c1ccc(Oc2ccccc2)cc1)c1ccc(F)c(Cl)c1. The van der Waals surface area contributed by atoms with Gasteiger partial charge in [-0.15, -0.1) is 0 Å². The van der Waals surface area contributed by atoms with Crippen molar-refractivity contribution in [3.05, 3.63) is 94.8 Å². The van der Waals surface area contributed by atoms with Crippen LogP contribution in [0.3, 0.4) is 0 Å². The van der Waals surface area contributed by atoms with Crippen molar-refractivity contribution in [2.24, 2.45) is 0 Å². The first kappa shape index (κ1) is 15.3. The van der Waals surface area contributed by atoms with E-state index in [0.717, 1.165) is 5.75 Å². The number of para-hydroxylation sites is 1. The second-order valence-corrected chi connectivity index (χ2v) is 5.30. The lowest BCUT2D eigenvalue weighted by atomic mass is 10.0. The third kappa shape index (κ3) is 3.58. The standard InChI is InChI=1S/C19H12ClFO2/c20-17-12-14(8-11-18(17)21)19(22)13-6-9-16(10-7-13)23-15-4-2-1-3-5-15/h1-12H. The Morgan fingerprint density at radius 1 is 0.826 bits per heavy atom. The number of carbonyl (C=O) groups is 1. The van der Waals surface area contributed by atoms with Gasteiger partial charge < -0.3 is 4.74 Å². The zero-order valence-corrected chi connectivity index (χ0v) is 12.8. The lowest BCUT2D eigenvalue weighted by molar-refractivity contribution is 0.103. The van der Waals surface area contributed by atoms with Gasteiger partial charge >= 0.3 is 0 Å². The number of rotatable bonds is 4. The van der Waals surface area contributed by atoms with Gasteiger partial charge in [0.15, 0.2) is 5.78 Å². The normalized spacial score (nSPS) is 10.3. The summed E-state index contributed by atoms with van der Waals surface area (Å²) in [5.74, 6) is 0.578. The van der Waals surface area contributed by atoms with Gasteiger partial charge in [0.05, 0.1) is 5.02 Å². The van der Waals surface area contributed by atoms with Crippen molar-refractivity contribution in [3.8, 4) is 11.5 Å². The van der Waals surface area contributed by atoms with Crippen molar-refractivity contribution in [1.82, 2.24) is 0 Å². The van der Waals surface area contributed by atoms with Gasteiger partial charge in [-0.1, -0.05) is 29.8 Å². The van der Waals surface area contributed by atoms with Gasteiger partial charge in [0.1, 0.15) is 17.3 Å². The molecule has 3 rings (SSSR count). The van der Waals surface area contributed by atoms with Crippen molar-refractivity contribution in [2.45, 2.75) is 0 Å². The minimum atomic E-state index is -0.546. The second kappa shape index (κ2) is 6.63. The predicted molar refractivity (Wildman–Crippen MR) is 87.8 cm³/mol. The smallest absolute Gasteiger partial charge is 0.193 e. The highest BCUT2D eigenvalue weighted by Crippen LogP contribution is 2.23. The number of carbonyl (C=O) groups excluding carboxylic acids is 1. The van der Waals surface area contributed by atoms with E-state index in [1.807, 2.05) is 30.3 Å². The van der Waals surface area contributed by atoms with Gasteiger partial charge in [0, 0.05) is 11.1 Å². The quantitative estimate of drug-likeness (QED) is 0.591. The number of ketones is 1. The predicted octanol–water partition coefficient (Wildman–Crippen LogP) is 5.50. The Balaban J connectivity index is 1.78. The van der Waals surface area contributed by atoms with Crippen molar-refractivity contribution < 1.29 is 13.9 Å². The molecule has 23 heavy (non-hydrogen) atoms. The maximum Gasteiger partial charge on any atom is 0.193 e. The van der Waals surface area contributed by atoms with Crippen molar-refractivity contribution in [2.75, 3.05) is 0 Å². The molecular weight excluding hydrogens is 315 g/mol. The zero-order chi connectivity index (χ0) is 16.2. The topological polar surface area (TPSA) is 26.3 Å². The maximum absolute atomic E-state index is 13.2. The monoisotopic (exact) mass is 326 g/mol. The Hall–Kier alpha value is -2.65. The van der Waals surface area contributed by atoms with Crippen LogP contribution in [0.1, 0.15) is 15.9 Å². The van der Waals surface area contributed by atoms with Crippen LogP contribution in [0.15, 0.2) is 72.8 Å². The number of benzene rings is 3. The molecule has 0 aromatic heterocycles. The first-order valence-electron chi connectivity index (χ1n) is 6.96. The molecule has 0 aliphatic rings. The molecule has 0 saturated carbocycles. The minimum absolute atomic E-state index is 0.0696. The van der Waals surface area contributed by atoms with E-state index in [0.29, 0.717) is 16.9 Å². The fourth-order valence-corrected chi connectivity index (χ4v) is 2.28. The molecule has 0 fully saturated rings. The highest BCUT2D eigenvalue weighted by atomic mass is 35.5. The van der Waals surface area contributed by atoms with Crippen LogP contribution in [0.2, 0.25) is 5.02 Å². The van der Waals surface area contributed by atoms with Crippen LogP contribution in [-0.2, 0) is 0 Å². The molecule has 0 bridgehead atoms. The van der Waals surface area contributed by atoms with E-state index >= 15 is 0 Å². The highest BCUT2D eigenvalue weighted by Gasteiger charge is 2.11. The van der Waals surface area contributed by atoms with Crippen LogP contribution in [-0.4, -0.2) is 5.78 Å². The summed E-state index contributed by atoms with van der Waals surface area (Å²) in [4.78, 5) is 12.4. The van der Waals surface area contributed by atoms with E-state index < -0.39 is 5.82 Å². The van der Waals surface area contributed by atoms with Crippen molar-refractivity contribution in [1.29, 1.82) is 0 Å². The Bertz CT molecular complexity index is 830. The molecule has 0 aliphatic heterocycles. The summed E-state index contributed by atoms with van der Waals surface area (Å²) in [5.41, 5.74) is 0.821. The van der Waals surface area contributed by atoms with Crippen LogP contribution < -0.4 is 4.74 Å². The third-order valence-electron chi connectivity index (χ3n) is 3.28. The van der Waals surface area contributed by atoms with E-state index in [1.165, 1.54) is 18.2 Å². The molecule has 0 heterocycles. The molecule has 2 nitrogen and oxygen atoms in total. The number of hydrogen-bond acceptors (Lipinski definition) is 2. The second-order valence-electron chi connectivity index (χ2n) is 4.90. The molecule has 0 N–H and O–H groups in total. The maximum atomic E-state index is 13.2. The summed E-state index contributed by atoms with van der Waals surface area (Å²) in [6, 6.07) is 20.0. The first-order chi connectivity index (χ1) is 11.1. The lowest BCUT2D eigenvalue weighted by Gasteiger charge is -2.07. The summed E-state index contributed by atoms with van der Waals surface area (Å²) in [5, 5.41) is -0.0696. The molecule has 0 radical (unpaired) electrons. The van der Waals surface area contributed by atoms with Gasteiger partial charge in [0.2, 0.25) is 0 Å². The minimum Gasteiger partial charge on any atom is -0.457 e. The highest BCUT2D eigenvalue weighted by molar-refractivity contribution is 6.31. The molecule has 114 valence electrons. The van der Waals surface area contributed by atoms with E-state index in [1.54, 1.807) is 24.3 Å². The van der Waals surface area contributed by atoms with Gasteiger partial charge in [-0.3, -0.25) is 4.79 Å². The number of ether oxygens (including phenoxy) is 1. The zero-order valence-electron chi connectivity index (χ0n) is 12.0. The Kier molecular flexibility index (Phi) is 4.40. The Morgan fingerprint density at radius 3 is 2.09 bits per heavy atom. The molecule has 0 spiro atoms. The first-order valence-corrected chi connectivity index (χ1v) is 7.34. The van der Waals surface area contributed by atoms with Crippen molar-refractivity contribution in [3.63, 3.8) is 0 Å². The average molecular weight is 327 g/mol.